The normalized spacial score (nSPS) is 13.1. The molecule has 0 fully saturated rings. The maximum Gasteiger partial charge on any atom is 0.274 e. The van der Waals surface area contributed by atoms with Gasteiger partial charge in [-0.2, -0.15) is 5.10 Å². The summed E-state index contributed by atoms with van der Waals surface area (Å²) in [5.74, 6) is -0.241. The Kier molecular flexibility index (Phi) is 6.91. The minimum Gasteiger partial charge on any atom is -0.497 e. The number of fused-ring (bicyclic) bond motifs is 1. The molecule has 1 aromatic heterocycles. The Hall–Kier alpha value is -4.14. The molecular weight excluding hydrogens is 434 g/mol. The van der Waals surface area contributed by atoms with E-state index in [4.69, 9.17) is 4.74 Å². The lowest BCUT2D eigenvalue weighted by atomic mass is 10.2. The second kappa shape index (κ2) is 10.2. The molecule has 0 radical (unpaired) electrons. The fourth-order valence-corrected chi connectivity index (χ4v) is 3.85. The number of ether oxygens (including phenoxy) is 1. The molecule has 0 saturated heterocycles. The zero-order valence-corrected chi connectivity index (χ0v) is 19.2. The van der Waals surface area contributed by atoms with Crippen molar-refractivity contribution in [2.45, 2.75) is 19.5 Å². The number of carbonyl (C=O) groups is 3. The summed E-state index contributed by atoms with van der Waals surface area (Å²) >= 11 is 0. The Morgan fingerprint density at radius 1 is 1.09 bits per heavy atom. The van der Waals surface area contributed by atoms with E-state index in [9.17, 15) is 14.4 Å². The van der Waals surface area contributed by atoms with Gasteiger partial charge in [0.1, 0.15) is 11.4 Å². The van der Waals surface area contributed by atoms with Crippen molar-refractivity contribution in [3.05, 3.63) is 77.6 Å². The highest BCUT2D eigenvalue weighted by molar-refractivity contribution is 6.00. The summed E-state index contributed by atoms with van der Waals surface area (Å²) in [6.45, 7) is 1.51. The maximum absolute atomic E-state index is 13.1. The molecule has 1 aliphatic heterocycles. The zero-order chi connectivity index (χ0) is 24.1. The Bertz CT molecular complexity index is 1170. The minimum absolute atomic E-state index is 0.143. The van der Waals surface area contributed by atoms with Gasteiger partial charge >= 0.3 is 0 Å². The number of nitrogens with zero attached hydrogens (tertiary/aromatic N) is 4. The molecule has 34 heavy (non-hydrogen) atoms. The van der Waals surface area contributed by atoms with Crippen LogP contribution in [-0.4, -0.2) is 64.5 Å². The lowest BCUT2D eigenvalue weighted by molar-refractivity contribution is -0.116. The average Bonchev–Trinajstić information content (AvgIpc) is 3.21. The molecule has 3 amide bonds. The Balaban J connectivity index is 1.41. The number of nitrogens with one attached hydrogen (secondary N) is 1. The van der Waals surface area contributed by atoms with Gasteiger partial charge in [0.25, 0.3) is 11.8 Å². The molecule has 2 aromatic carbocycles. The van der Waals surface area contributed by atoms with Gasteiger partial charge in [-0.25, -0.2) is 0 Å². The van der Waals surface area contributed by atoms with Crippen molar-refractivity contribution in [2.75, 3.05) is 32.6 Å². The second-order valence-corrected chi connectivity index (χ2v) is 8.14. The van der Waals surface area contributed by atoms with Crippen LogP contribution in [0.2, 0.25) is 0 Å². The summed E-state index contributed by atoms with van der Waals surface area (Å²) in [6, 6.07) is 18.2. The monoisotopic (exact) mass is 461 g/mol. The molecular formula is C25H27N5O4. The minimum atomic E-state index is -0.423. The van der Waals surface area contributed by atoms with E-state index in [1.54, 1.807) is 41.0 Å². The van der Waals surface area contributed by atoms with Gasteiger partial charge in [-0.1, -0.05) is 30.3 Å². The van der Waals surface area contributed by atoms with E-state index in [1.807, 2.05) is 30.3 Å². The van der Waals surface area contributed by atoms with Crippen LogP contribution in [0.25, 0.3) is 0 Å². The van der Waals surface area contributed by atoms with Gasteiger partial charge in [0, 0.05) is 38.4 Å². The zero-order valence-electron chi connectivity index (χ0n) is 19.2. The number of methoxy groups -OCH3 is 1. The van der Waals surface area contributed by atoms with E-state index in [0.29, 0.717) is 36.8 Å². The molecule has 176 valence electrons. The summed E-state index contributed by atoms with van der Waals surface area (Å²) in [5.41, 5.74) is 2.17. The average molecular weight is 462 g/mol. The summed E-state index contributed by atoms with van der Waals surface area (Å²) in [7, 11) is 3.10. The third-order valence-corrected chi connectivity index (χ3v) is 5.62. The lowest BCUT2D eigenvalue weighted by Gasteiger charge is -2.20. The number of hydrogen-bond acceptors (Lipinski definition) is 5. The predicted octanol–water partition coefficient (Wildman–Crippen LogP) is 2.65. The molecule has 0 bridgehead atoms. The van der Waals surface area contributed by atoms with E-state index in [0.717, 1.165) is 12.0 Å². The van der Waals surface area contributed by atoms with Gasteiger partial charge < -0.3 is 19.9 Å². The molecule has 0 unspecified atom stereocenters. The lowest BCUT2D eigenvalue weighted by Crippen LogP contribution is -2.35. The van der Waals surface area contributed by atoms with Gasteiger partial charge in [0.15, 0.2) is 5.69 Å². The van der Waals surface area contributed by atoms with Crippen LogP contribution in [-0.2, 0) is 17.9 Å². The van der Waals surface area contributed by atoms with Crippen LogP contribution >= 0.6 is 0 Å². The van der Waals surface area contributed by atoms with Crippen LogP contribution in [0.15, 0.2) is 60.7 Å². The fourth-order valence-electron chi connectivity index (χ4n) is 3.85. The van der Waals surface area contributed by atoms with E-state index in [2.05, 4.69) is 10.4 Å². The third-order valence-electron chi connectivity index (χ3n) is 5.62. The molecule has 0 aliphatic carbocycles. The summed E-state index contributed by atoms with van der Waals surface area (Å²) < 4.78 is 6.69. The van der Waals surface area contributed by atoms with Crippen molar-refractivity contribution >= 4 is 23.4 Å². The Labute approximate surface area is 197 Å². The van der Waals surface area contributed by atoms with Crippen molar-refractivity contribution in [1.29, 1.82) is 0 Å². The fraction of sp³-hybridized carbons (Fsp3) is 0.280. The largest absolute Gasteiger partial charge is 0.497 e. The Morgan fingerprint density at radius 2 is 1.82 bits per heavy atom. The quantitative estimate of drug-likeness (QED) is 0.584. The molecule has 1 N–H and O–H groups in total. The Morgan fingerprint density at radius 3 is 2.53 bits per heavy atom. The third kappa shape index (κ3) is 5.25. The number of aryl methyl sites for hydroxylation is 1. The smallest absolute Gasteiger partial charge is 0.274 e. The van der Waals surface area contributed by atoms with E-state index in [1.165, 1.54) is 18.0 Å². The number of benzene rings is 2. The first-order valence-electron chi connectivity index (χ1n) is 11.0. The number of anilines is 1. The number of carbonyl (C=O) groups excluding carboxylic acids is 3. The topological polar surface area (TPSA) is 96.8 Å². The van der Waals surface area contributed by atoms with Gasteiger partial charge in [0.2, 0.25) is 5.91 Å². The first kappa shape index (κ1) is 23.0. The van der Waals surface area contributed by atoms with Crippen LogP contribution < -0.4 is 10.1 Å². The highest BCUT2D eigenvalue weighted by atomic mass is 16.5. The van der Waals surface area contributed by atoms with Gasteiger partial charge in [-0.3, -0.25) is 19.1 Å². The van der Waals surface area contributed by atoms with Crippen LogP contribution in [0, 0.1) is 0 Å². The first-order chi connectivity index (χ1) is 16.4. The van der Waals surface area contributed by atoms with E-state index in [-0.39, 0.29) is 24.1 Å². The SMILES string of the molecule is COc1ccc(NC(=O)CN(C)C(=O)c2cc3n(n2)CCCN(Cc2ccccc2)C3=O)cc1. The van der Waals surface area contributed by atoms with Crippen molar-refractivity contribution < 1.29 is 19.1 Å². The first-order valence-corrected chi connectivity index (χ1v) is 11.0. The summed E-state index contributed by atoms with van der Waals surface area (Å²) in [6.07, 6.45) is 0.737. The van der Waals surface area contributed by atoms with Gasteiger partial charge in [-0.15, -0.1) is 0 Å². The number of aromatic nitrogens is 2. The van der Waals surface area contributed by atoms with Crippen LogP contribution in [0.3, 0.4) is 0 Å². The van der Waals surface area contributed by atoms with Crippen molar-refractivity contribution in [2.24, 2.45) is 0 Å². The van der Waals surface area contributed by atoms with E-state index < -0.39 is 5.91 Å². The molecule has 3 aromatic rings. The molecule has 9 heteroatoms. The highest BCUT2D eigenvalue weighted by Crippen LogP contribution is 2.18. The number of rotatable bonds is 7. The molecule has 1 aliphatic rings. The van der Waals surface area contributed by atoms with Crippen molar-refractivity contribution in [3.8, 4) is 5.75 Å². The van der Waals surface area contributed by atoms with Crippen LogP contribution in [0.4, 0.5) is 5.69 Å². The number of hydrogen-bond donors (Lipinski definition) is 1. The molecule has 2 heterocycles. The standard InChI is InChI=1S/C25H27N5O4/c1-28(17-23(31)26-19-9-11-20(34-2)12-10-19)24(32)21-15-22-25(33)29(13-6-14-30(22)27-21)16-18-7-4-3-5-8-18/h3-5,7-12,15H,6,13-14,16-17H2,1-2H3,(H,26,31). The number of amides is 3. The van der Waals surface area contributed by atoms with Crippen LogP contribution in [0.1, 0.15) is 33.0 Å². The van der Waals surface area contributed by atoms with Crippen molar-refractivity contribution in [3.63, 3.8) is 0 Å². The molecule has 0 spiro atoms. The predicted molar refractivity (Wildman–Crippen MR) is 127 cm³/mol. The molecule has 9 nitrogen and oxygen atoms in total. The molecule has 0 saturated carbocycles. The maximum atomic E-state index is 13.1. The van der Waals surface area contributed by atoms with E-state index >= 15 is 0 Å². The molecule has 0 atom stereocenters. The number of likely N-dealkylation sites (N-methyl/N-ethyl adjacent to an activating group) is 1. The highest BCUT2D eigenvalue weighted by Gasteiger charge is 2.27. The van der Waals surface area contributed by atoms with Gasteiger partial charge in [-0.05, 0) is 36.2 Å². The van der Waals surface area contributed by atoms with Gasteiger partial charge in [0.05, 0.1) is 13.7 Å². The summed E-state index contributed by atoms with van der Waals surface area (Å²) in [5, 5.41) is 7.12. The second-order valence-electron chi connectivity index (χ2n) is 8.14. The van der Waals surface area contributed by atoms with Crippen LogP contribution in [0.5, 0.6) is 5.75 Å². The summed E-state index contributed by atoms with van der Waals surface area (Å²) in [4.78, 5) is 41.5. The van der Waals surface area contributed by atoms with Crippen molar-refractivity contribution in [1.82, 2.24) is 19.6 Å². The molecule has 4 rings (SSSR count).